The maximum atomic E-state index is 12.3. The second-order valence-corrected chi connectivity index (χ2v) is 7.69. The first-order chi connectivity index (χ1) is 13.7. The first-order valence-electron chi connectivity index (χ1n) is 10.1. The molecule has 0 unspecified atom stereocenters. The molecule has 0 radical (unpaired) electrons. The van der Waals surface area contributed by atoms with Gasteiger partial charge in [0.1, 0.15) is 0 Å². The number of anilines is 1. The summed E-state index contributed by atoms with van der Waals surface area (Å²) in [7, 11) is 1.57. The summed E-state index contributed by atoms with van der Waals surface area (Å²) in [5.41, 5.74) is 1.93. The number of hydrogen-bond acceptors (Lipinski definition) is 7. The summed E-state index contributed by atoms with van der Waals surface area (Å²) in [5, 5.41) is 0. The lowest BCUT2D eigenvalue weighted by molar-refractivity contribution is 0.198. The van der Waals surface area contributed by atoms with Crippen LogP contribution in [0.2, 0.25) is 0 Å². The fourth-order valence-corrected chi connectivity index (χ4v) is 4.16. The van der Waals surface area contributed by atoms with Crippen molar-refractivity contribution in [2.24, 2.45) is 0 Å². The molecule has 0 spiro atoms. The lowest BCUT2D eigenvalue weighted by Gasteiger charge is -2.33. The largest absolute Gasteiger partial charge is 0.467 e. The normalized spacial score (nSPS) is 20.9. The molecule has 1 atom stereocenters. The Balaban J connectivity index is 1.46. The van der Waals surface area contributed by atoms with Gasteiger partial charge in [0, 0.05) is 56.1 Å². The summed E-state index contributed by atoms with van der Waals surface area (Å²) in [4.78, 5) is 33.0. The molecule has 0 aromatic carbocycles. The second-order valence-electron chi connectivity index (χ2n) is 7.69. The van der Waals surface area contributed by atoms with Crippen LogP contribution in [0.3, 0.4) is 0 Å². The Morgan fingerprint density at radius 1 is 1.14 bits per heavy atom. The summed E-state index contributed by atoms with van der Waals surface area (Å²) in [6.45, 7) is 4.66. The van der Waals surface area contributed by atoms with Gasteiger partial charge < -0.3 is 9.64 Å². The molecule has 4 heterocycles. The maximum Gasteiger partial charge on any atom is 0.316 e. The zero-order valence-corrected chi connectivity index (χ0v) is 16.4. The molecule has 4 rings (SSSR count). The highest BCUT2D eigenvalue weighted by atomic mass is 16.5. The van der Waals surface area contributed by atoms with Crippen molar-refractivity contribution >= 4 is 5.95 Å². The molecule has 0 bridgehead atoms. The Kier molecular flexibility index (Phi) is 5.85. The minimum atomic E-state index is -0.0498. The molecule has 0 saturated carbocycles. The molecule has 2 saturated heterocycles. The quantitative estimate of drug-likeness (QED) is 0.843. The van der Waals surface area contributed by atoms with Gasteiger partial charge in [0.2, 0.25) is 5.95 Å². The minimum absolute atomic E-state index is 0.0498. The van der Waals surface area contributed by atoms with E-state index in [4.69, 9.17) is 9.72 Å². The molecular formula is C20H28N6O2. The number of aromatic amines is 1. The van der Waals surface area contributed by atoms with Crippen molar-refractivity contribution in [3.63, 3.8) is 0 Å². The Morgan fingerprint density at radius 3 is 2.68 bits per heavy atom. The molecule has 0 amide bonds. The number of aromatic nitrogens is 4. The van der Waals surface area contributed by atoms with E-state index >= 15 is 0 Å². The number of piperidine rings is 2. The van der Waals surface area contributed by atoms with Crippen LogP contribution in [0.25, 0.3) is 0 Å². The van der Waals surface area contributed by atoms with Crippen molar-refractivity contribution in [3.05, 3.63) is 40.1 Å². The number of nitrogens with one attached hydrogen (secondary N) is 1. The zero-order chi connectivity index (χ0) is 19.3. The fourth-order valence-electron chi connectivity index (χ4n) is 4.16. The number of H-pyrrole nitrogens is 1. The number of methoxy groups -OCH3 is 1. The average molecular weight is 384 g/mol. The molecule has 2 aliphatic rings. The third kappa shape index (κ3) is 4.49. The molecule has 2 fully saturated rings. The van der Waals surface area contributed by atoms with Gasteiger partial charge in [0.15, 0.2) is 0 Å². The molecule has 2 aromatic rings. The number of hydrogen-bond donors (Lipinski definition) is 1. The Labute approximate surface area is 165 Å². The van der Waals surface area contributed by atoms with Gasteiger partial charge >= 0.3 is 6.01 Å². The first-order valence-corrected chi connectivity index (χ1v) is 10.1. The van der Waals surface area contributed by atoms with E-state index in [0.29, 0.717) is 6.01 Å². The SMILES string of the molecule is COc1ncc(CN2CCC[C@@H](c3cc(=O)[nH]c(N4CCCCC4)n3)C2)cn1. The molecule has 8 heteroatoms. The molecule has 8 nitrogen and oxygen atoms in total. The summed E-state index contributed by atoms with van der Waals surface area (Å²) in [6, 6.07) is 2.07. The van der Waals surface area contributed by atoms with Gasteiger partial charge in [0.05, 0.1) is 12.8 Å². The van der Waals surface area contributed by atoms with Gasteiger partial charge in [-0.2, -0.15) is 0 Å². The highest BCUT2D eigenvalue weighted by Gasteiger charge is 2.24. The number of rotatable bonds is 5. The van der Waals surface area contributed by atoms with Crippen LogP contribution in [-0.4, -0.2) is 58.1 Å². The third-order valence-corrected chi connectivity index (χ3v) is 5.60. The van der Waals surface area contributed by atoms with Gasteiger partial charge in [-0.25, -0.2) is 15.0 Å². The molecule has 2 aliphatic heterocycles. The summed E-state index contributed by atoms with van der Waals surface area (Å²) >= 11 is 0. The van der Waals surface area contributed by atoms with Gasteiger partial charge in [-0.05, 0) is 38.6 Å². The van der Waals surface area contributed by atoms with E-state index in [0.717, 1.165) is 75.6 Å². The fraction of sp³-hybridized carbons (Fsp3) is 0.600. The standard InChI is InChI=1S/C20H28N6O2/c1-28-20-21-11-15(12-22-20)13-25-7-5-6-16(14-25)17-10-18(27)24-19(23-17)26-8-3-2-4-9-26/h10-12,16H,2-9,13-14H2,1H3,(H,23,24,27)/t16-/m1/s1. The van der Waals surface area contributed by atoms with Crippen molar-refractivity contribution in [3.8, 4) is 6.01 Å². The van der Waals surface area contributed by atoms with Gasteiger partial charge in [0.25, 0.3) is 5.56 Å². The topological polar surface area (TPSA) is 87.2 Å². The zero-order valence-electron chi connectivity index (χ0n) is 16.4. The highest BCUT2D eigenvalue weighted by molar-refractivity contribution is 5.31. The van der Waals surface area contributed by atoms with E-state index in [1.54, 1.807) is 13.2 Å². The summed E-state index contributed by atoms with van der Waals surface area (Å²) in [5.74, 6) is 1.02. The van der Waals surface area contributed by atoms with E-state index in [9.17, 15) is 4.79 Å². The van der Waals surface area contributed by atoms with Gasteiger partial charge in [-0.1, -0.05) is 0 Å². The van der Waals surface area contributed by atoms with Crippen LogP contribution in [0.1, 0.15) is 49.3 Å². The number of ether oxygens (including phenoxy) is 1. The second kappa shape index (κ2) is 8.68. The molecule has 28 heavy (non-hydrogen) atoms. The van der Waals surface area contributed by atoms with Crippen molar-refractivity contribution in [1.29, 1.82) is 0 Å². The highest BCUT2D eigenvalue weighted by Crippen LogP contribution is 2.27. The summed E-state index contributed by atoms with van der Waals surface area (Å²) in [6.07, 6.45) is 9.36. The van der Waals surface area contributed by atoms with Gasteiger partial charge in [-0.3, -0.25) is 14.7 Å². The van der Waals surface area contributed by atoms with Crippen LogP contribution in [0.15, 0.2) is 23.3 Å². The van der Waals surface area contributed by atoms with E-state index in [1.165, 1.54) is 6.42 Å². The van der Waals surface area contributed by atoms with Crippen molar-refractivity contribution < 1.29 is 4.74 Å². The van der Waals surface area contributed by atoms with Crippen molar-refractivity contribution in [1.82, 2.24) is 24.8 Å². The maximum absolute atomic E-state index is 12.3. The Hall–Kier alpha value is -2.48. The number of likely N-dealkylation sites (tertiary alicyclic amines) is 1. The van der Waals surface area contributed by atoms with Gasteiger partial charge in [-0.15, -0.1) is 0 Å². The van der Waals surface area contributed by atoms with E-state index in [1.807, 2.05) is 12.4 Å². The Bertz CT molecular complexity index is 831. The van der Waals surface area contributed by atoms with E-state index < -0.39 is 0 Å². The molecule has 0 aliphatic carbocycles. The lowest BCUT2D eigenvalue weighted by atomic mass is 9.94. The lowest BCUT2D eigenvalue weighted by Crippen LogP contribution is -2.36. The van der Waals surface area contributed by atoms with Crippen LogP contribution in [0.5, 0.6) is 6.01 Å². The van der Waals surface area contributed by atoms with Crippen LogP contribution in [0, 0.1) is 0 Å². The smallest absolute Gasteiger partial charge is 0.316 e. The molecule has 150 valence electrons. The van der Waals surface area contributed by atoms with Crippen molar-refractivity contribution in [2.45, 2.75) is 44.6 Å². The van der Waals surface area contributed by atoms with E-state index in [-0.39, 0.29) is 11.5 Å². The predicted molar refractivity (Wildman–Crippen MR) is 107 cm³/mol. The average Bonchev–Trinajstić information content (AvgIpc) is 2.75. The summed E-state index contributed by atoms with van der Waals surface area (Å²) < 4.78 is 5.03. The van der Waals surface area contributed by atoms with Crippen LogP contribution >= 0.6 is 0 Å². The van der Waals surface area contributed by atoms with Crippen LogP contribution in [0.4, 0.5) is 5.95 Å². The van der Waals surface area contributed by atoms with Crippen molar-refractivity contribution in [2.75, 3.05) is 38.2 Å². The van der Waals surface area contributed by atoms with E-state index in [2.05, 4.69) is 24.8 Å². The Morgan fingerprint density at radius 2 is 1.93 bits per heavy atom. The minimum Gasteiger partial charge on any atom is -0.467 e. The molecular weight excluding hydrogens is 356 g/mol. The first kappa shape index (κ1) is 18.9. The monoisotopic (exact) mass is 384 g/mol. The molecule has 2 aromatic heterocycles. The van der Waals surface area contributed by atoms with Crippen LogP contribution in [-0.2, 0) is 6.54 Å². The van der Waals surface area contributed by atoms with Crippen LogP contribution < -0.4 is 15.2 Å². The molecule has 1 N–H and O–H groups in total. The number of nitrogens with zero attached hydrogens (tertiary/aromatic N) is 5. The third-order valence-electron chi connectivity index (χ3n) is 5.60. The predicted octanol–water partition coefficient (Wildman–Crippen LogP) is 1.94.